The molecule has 1 aliphatic heterocycles. The second-order valence-electron chi connectivity index (χ2n) is 9.67. The molecule has 1 saturated carbocycles. The van der Waals surface area contributed by atoms with Crippen molar-refractivity contribution in [2.75, 3.05) is 5.32 Å². The number of ether oxygens (including phenoxy) is 1. The van der Waals surface area contributed by atoms with Crippen LogP contribution in [0.15, 0.2) is 47.4 Å². The van der Waals surface area contributed by atoms with Gasteiger partial charge in [0.25, 0.3) is 5.91 Å². The van der Waals surface area contributed by atoms with Crippen LogP contribution in [-0.4, -0.2) is 41.3 Å². The molecule has 11 heteroatoms. The molecule has 1 aliphatic carbocycles. The quantitative estimate of drug-likeness (QED) is 0.425. The van der Waals surface area contributed by atoms with Crippen molar-refractivity contribution in [3.05, 3.63) is 64.2 Å². The Morgan fingerprint density at radius 2 is 1.89 bits per heavy atom. The van der Waals surface area contributed by atoms with E-state index in [9.17, 15) is 18.3 Å². The van der Waals surface area contributed by atoms with Crippen LogP contribution in [0.2, 0.25) is 0 Å². The number of aromatic nitrogens is 2. The van der Waals surface area contributed by atoms with Crippen LogP contribution >= 0.6 is 11.3 Å². The molecule has 0 spiro atoms. The van der Waals surface area contributed by atoms with Gasteiger partial charge in [-0.25, -0.2) is 13.1 Å². The number of nitrogens with zero attached hydrogens (tertiary/aromatic N) is 2. The van der Waals surface area contributed by atoms with Crippen molar-refractivity contribution in [3.8, 4) is 5.75 Å². The van der Waals surface area contributed by atoms with Gasteiger partial charge >= 0.3 is 0 Å². The SMILES string of the molecule is CCc1ccc(S(=O)(=O)N[C@@H]2c3cc(C(=O)Nc4nnc(C5CC5)s4)ccc3OC(C)(C)[C@H]2O)cc1. The summed E-state index contributed by atoms with van der Waals surface area (Å²) in [6.45, 7) is 5.36. The first-order valence-corrected chi connectivity index (χ1v) is 14.1. The Morgan fingerprint density at radius 1 is 1.17 bits per heavy atom. The Kier molecular flexibility index (Phi) is 6.36. The monoisotopic (exact) mass is 528 g/mol. The third-order valence-electron chi connectivity index (χ3n) is 6.52. The maximum atomic E-state index is 13.2. The van der Waals surface area contributed by atoms with Gasteiger partial charge in [0.05, 0.1) is 10.9 Å². The molecule has 2 aliphatic rings. The average Bonchev–Trinajstić information content (AvgIpc) is 3.60. The van der Waals surface area contributed by atoms with E-state index in [0.29, 0.717) is 22.4 Å². The topological polar surface area (TPSA) is 131 Å². The number of fused-ring (bicyclic) bond motifs is 1. The van der Waals surface area contributed by atoms with Crippen molar-refractivity contribution in [1.29, 1.82) is 0 Å². The summed E-state index contributed by atoms with van der Waals surface area (Å²) in [6, 6.07) is 10.3. The van der Waals surface area contributed by atoms with Crippen molar-refractivity contribution < 1.29 is 23.1 Å². The molecule has 0 radical (unpaired) electrons. The molecule has 9 nitrogen and oxygen atoms in total. The number of aliphatic hydroxyl groups is 1. The lowest BCUT2D eigenvalue weighted by Crippen LogP contribution is -2.53. The Hall–Kier alpha value is -2.86. The van der Waals surface area contributed by atoms with E-state index in [1.165, 1.54) is 11.3 Å². The summed E-state index contributed by atoms with van der Waals surface area (Å²) in [5.41, 5.74) is 0.604. The highest BCUT2D eigenvalue weighted by molar-refractivity contribution is 7.89. The highest BCUT2D eigenvalue weighted by Crippen LogP contribution is 2.43. The van der Waals surface area contributed by atoms with E-state index in [2.05, 4.69) is 20.2 Å². The van der Waals surface area contributed by atoms with Gasteiger partial charge in [-0.15, -0.1) is 10.2 Å². The van der Waals surface area contributed by atoms with Gasteiger partial charge in [-0.2, -0.15) is 0 Å². The zero-order chi connectivity index (χ0) is 25.7. The second-order valence-corrected chi connectivity index (χ2v) is 12.4. The Labute approximate surface area is 214 Å². The zero-order valence-electron chi connectivity index (χ0n) is 20.2. The molecule has 5 rings (SSSR count). The molecule has 1 aromatic heterocycles. The van der Waals surface area contributed by atoms with E-state index in [-0.39, 0.29) is 10.5 Å². The minimum absolute atomic E-state index is 0.0920. The molecule has 1 amide bonds. The number of carbonyl (C=O) groups excluding carboxylic acids is 1. The average molecular weight is 529 g/mol. The third-order valence-corrected chi connectivity index (χ3v) is 8.98. The van der Waals surface area contributed by atoms with Crippen LogP contribution < -0.4 is 14.8 Å². The van der Waals surface area contributed by atoms with Crippen LogP contribution in [-0.2, 0) is 16.4 Å². The van der Waals surface area contributed by atoms with Crippen LogP contribution in [0.25, 0.3) is 0 Å². The van der Waals surface area contributed by atoms with Gasteiger partial charge in [0.15, 0.2) is 0 Å². The largest absolute Gasteiger partial charge is 0.485 e. The van der Waals surface area contributed by atoms with Crippen molar-refractivity contribution in [1.82, 2.24) is 14.9 Å². The minimum Gasteiger partial charge on any atom is -0.485 e. The van der Waals surface area contributed by atoms with Gasteiger partial charge in [-0.05, 0) is 69.0 Å². The summed E-state index contributed by atoms with van der Waals surface area (Å²) in [7, 11) is -3.97. The van der Waals surface area contributed by atoms with Gasteiger partial charge < -0.3 is 9.84 Å². The fourth-order valence-electron chi connectivity index (χ4n) is 4.16. The van der Waals surface area contributed by atoms with Crippen molar-refractivity contribution in [2.24, 2.45) is 0 Å². The first-order valence-electron chi connectivity index (χ1n) is 11.8. The molecule has 2 heterocycles. The number of aryl methyl sites for hydroxylation is 1. The number of benzene rings is 2. The summed E-state index contributed by atoms with van der Waals surface area (Å²) in [5, 5.41) is 23.4. The lowest BCUT2D eigenvalue weighted by Gasteiger charge is -2.42. The number of amides is 1. The number of aliphatic hydroxyl groups excluding tert-OH is 1. The Balaban J connectivity index is 1.44. The second kappa shape index (κ2) is 9.22. The number of rotatable bonds is 7. The van der Waals surface area contributed by atoms with Crippen LogP contribution in [0.4, 0.5) is 5.13 Å². The van der Waals surface area contributed by atoms with Crippen molar-refractivity contribution in [2.45, 2.75) is 68.6 Å². The summed E-state index contributed by atoms with van der Waals surface area (Å²) in [5.74, 6) is 0.418. The van der Waals surface area contributed by atoms with E-state index in [1.807, 2.05) is 6.92 Å². The van der Waals surface area contributed by atoms with Gasteiger partial charge in [-0.1, -0.05) is 30.4 Å². The summed E-state index contributed by atoms with van der Waals surface area (Å²) in [6.07, 6.45) is 1.76. The highest BCUT2D eigenvalue weighted by atomic mass is 32.2. The van der Waals surface area contributed by atoms with E-state index in [0.717, 1.165) is 29.8 Å². The van der Waals surface area contributed by atoms with E-state index >= 15 is 0 Å². The van der Waals surface area contributed by atoms with E-state index < -0.39 is 33.7 Å². The van der Waals surface area contributed by atoms with Crippen LogP contribution in [0.3, 0.4) is 0 Å². The molecule has 0 bridgehead atoms. The number of anilines is 1. The maximum Gasteiger partial charge on any atom is 0.257 e. The Bertz CT molecular complexity index is 1400. The lowest BCUT2D eigenvalue weighted by atomic mass is 9.86. The zero-order valence-corrected chi connectivity index (χ0v) is 21.8. The molecule has 3 N–H and O–H groups in total. The highest BCUT2D eigenvalue weighted by Gasteiger charge is 2.45. The van der Waals surface area contributed by atoms with Gasteiger partial charge in [-0.3, -0.25) is 10.1 Å². The number of sulfonamides is 1. The smallest absolute Gasteiger partial charge is 0.257 e. The van der Waals surface area contributed by atoms with E-state index in [4.69, 9.17) is 4.74 Å². The number of hydrogen-bond acceptors (Lipinski definition) is 8. The molecule has 3 aromatic rings. The predicted octanol–water partition coefficient (Wildman–Crippen LogP) is 3.78. The molecule has 190 valence electrons. The Morgan fingerprint density at radius 3 is 2.56 bits per heavy atom. The van der Waals surface area contributed by atoms with Gasteiger partial charge in [0, 0.05) is 17.0 Å². The number of carbonyl (C=O) groups is 1. The third kappa shape index (κ3) is 4.88. The minimum atomic E-state index is -3.97. The molecule has 2 atom stereocenters. The molecule has 0 unspecified atom stereocenters. The summed E-state index contributed by atoms with van der Waals surface area (Å²) >= 11 is 1.35. The molecule has 1 fully saturated rings. The van der Waals surface area contributed by atoms with Gasteiger partial charge in [0.2, 0.25) is 15.2 Å². The molecule has 0 saturated heterocycles. The number of hydrogen-bond donors (Lipinski definition) is 3. The summed E-state index contributed by atoms with van der Waals surface area (Å²) < 4.78 is 35.1. The molecule has 36 heavy (non-hydrogen) atoms. The van der Waals surface area contributed by atoms with Gasteiger partial charge in [0.1, 0.15) is 22.5 Å². The fraction of sp³-hybridized carbons (Fsp3) is 0.400. The van der Waals surface area contributed by atoms with Crippen LogP contribution in [0.5, 0.6) is 5.75 Å². The first kappa shape index (κ1) is 24.8. The maximum absolute atomic E-state index is 13.2. The van der Waals surface area contributed by atoms with Crippen LogP contribution in [0.1, 0.15) is 72.1 Å². The standard InChI is InChI=1S/C25H28N4O5S2/c1-4-14-5-10-17(11-6-14)36(32,33)29-20-18-13-16(9-12-19(18)34-25(2,3)21(20)30)22(31)26-24-28-27-23(35-24)15-7-8-15/h5-6,9-13,15,20-21,29-30H,4,7-8H2,1-3H3,(H,26,28,31)/t20-,21+/m1/s1. The van der Waals surface area contributed by atoms with Crippen molar-refractivity contribution in [3.63, 3.8) is 0 Å². The predicted molar refractivity (Wildman–Crippen MR) is 136 cm³/mol. The normalized spacial score (nSPS) is 20.9. The molecule has 2 aromatic carbocycles. The summed E-state index contributed by atoms with van der Waals surface area (Å²) in [4.78, 5) is 13.1. The van der Waals surface area contributed by atoms with Crippen LogP contribution in [0, 0.1) is 0 Å². The van der Waals surface area contributed by atoms with E-state index in [1.54, 1.807) is 56.3 Å². The lowest BCUT2D eigenvalue weighted by molar-refractivity contribution is -0.0603. The molecular formula is C25H28N4O5S2. The van der Waals surface area contributed by atoms with Crippen molar-refractivity contribution >= 4 is 32.4 Å². The first-order chi connectivity index (χ1) is 17.1. The fourth-order valence-corrected chi connectivity index (χ4v) is 6.29. The molecular weight excluding hydrogens is 500 g/mol. The number of nitrogens with one attached hydrogen (secondary N) is 2.